The maximum atomic E-state index is 5.08. The number of methoxy groups -OCH3 is 1. The Labute approximate surface area is 103 Å². The highest BCUT2D eigenvalue weighted by Gasteiger charge is 2.21. The molecule has 2 rings (SSSR count). The first-order valence-corrected chi connectivity index (χ1v) is 6.60. The van der Waals surface area contributed by atoms with Gasteiger partial charge in [0.1, 0.15) is 0 Å². The van der Waals surface area contributed by atoms with E-state index in [9.17, 15) is 0 Å². The molecule has 1 aliphatic heterocycles. The Morgan fingerprint density at radius 1 is 1.53 bits per heavy atom. The summed E-state index contributed by atoms with van der Waals surface area (Å²) in [6.07, 6.45) is 9.03. The van der Waals surface area contributed by atoms with E-state index in [1.807, 2.05) is 12.4 Å². The molecule has 1 aromatic heterocycles. The van der Waals surface area contributed by atoms with Gasteiger partial charge in [-0.25, -0.2) is 0 Å². The third-order valence-electron chi connectivity index (χ3n) is 3.57. The molecule has 17 heavy (non-hydrogen) atoms. The fourth-order valence-electron chi connectivity index (χ4n) is 2.60. The summed E-state index contributed by atoms with van der Waals surface area (Å²) in [5.74, 6) is 0.671. The van der Waals surface area contributed by atoms with Gasteiger partial charge in [-0.3, -0.25) is 5.10 Å². The molecule has 0 spiro atoms. The van der Waals surface area contributed by atoms with E-state index in [1.54, 1.807) is 7.11 Å². The van der Waals surface area contributed by atoms with Gasteiger partial charge in [0.15, 0.2) is 0 Å². The van der Waals surface area contributed by atoms with Gasteiger partial charge in [-0.2, -0.15) is 5.10 Å². The third kappa shape index (κ3) is 3.82. The topological polar surface area (TPSA) is 41.1 Å². The molecule has 0 aliphatic carbocycles. The molecule has 1 saturated heterocycles. The standard InChI is InChI=1S/C13H23N3O/c1-17-8-3-2-6-16-7-4-5-12(11-16)13-9-14-15-10-13/h9-10,12H,2-8,11H2,1H3,(H,14,15)/t12-/m1/s1. The number of nitrogens with zero attached hydrogens (tertiary/aromatic N) is 2. The number of nitrogens with one attached hydrogen (secondary N) is 1. The second-order valence-electron chi connectivity index (χ2n) is 4.87. The maximum absolute atomic E-state index is 5.08. The summed E-state index contributed by atoms with van der Waals surface area (Å²) >= 11 is 0. The quantitative estimate of drug-likeness (QED) is 0.770. The van der Waals surface area contributed by atoms with E-state index in [0.29, 0.717) is 5.92 Å². The zero-order valence-electron chi connectivity index (χ0n) is 10.7. The number of piperidine rings is 1. The summed E-state index contributed by atoms with van der Waals surface area (Å²) in [7, 11) is 1.77. The van der Waals surface area contributed by atoms with E-state index in [0.717, 1.165) is 6.61 Å². The van der Waals surface area contributed by atoms with Crippen molar-refractivity contribution in [3.8, 4) is 0 Å². The van der Waals surface area contributed by atoms with Crippen molar-refractivity contribution in [3.05, 3.63) is 18.0 Å². The molecule has 0 saturated carbocycles. The van der Waals surface area contributed by atoms with Crippen molar-refractivity contribution in [2.45, 2.75) is 31.6 Å². The van der Waals surface area contributed by atoms with Crippen LogP contribution in [-0.2, 0) is 4.74 Å². The van der Waals surface area contributed by atoms with Gasteiger partial charge < -0.3 is 9.64 Å². The summed E-state index contributed by atoms with van der Waals surface area (Å²) in [6.45, 7) is 4.53. The van der Waals surface area contributed by atoms with Crippen LogP contribution in [0.3, 0.4) is 0 Å². The Bertz CT molecular complexity index is 300. The Kier molecular flexibility index (Phi) is 5.01. The number of hydrogen-bond acceptors (Lipinski definition) is 3. The maximum Gasteiger partial charge on any atom is 0.0522 e. The van der Waals surface area contributed by atoms with Crippen LogP contribution < -0.4 is 0 Å². The number of aromatic amines is 1. The van der Waals surface area contributed by atoms with E-state index in [-0.39, 0.29) is 0 Å². The highest BCUT2D eigenvalue weighted by atomic mass is 16.5. The average Bonchev–Trinajstić information content (AvgIpc) is 2.89. The van der Waals surface area contributed by atoms with Crippen molar-refractivity contribution < 1.29 is 4.74 Å². The van der Waals surface area contributed by atoms with Crippen molar-refractivity contribution in [2.24, 2.45) is 0 Å². The van der Waals surface area contributed by atoms with Crippen molar-refractivity contribution in [1.82, 2.24) is 15.1 Å². The predicted octanol–water partition coefficient (Wildman–Crippen LogP) is 2.02. The van der Waals surface area contributed by atoms with Crippen molar-refractivity contribution in [3.63, 3.8) is 0 Å². The summed E-state index contributed by atoms with van der Waals surface area (Å²) in [5, 5.41) is 6.97. The number of hydrogen-bond donors (Lipinski definition) is 1. The molecule has 1 atom stereocenters. The summed E-state index contributed by atoms with van der Waals surface area (Å²) in [5.41, 5.74) is 1.37. The van der Waals surface area contributed by atoms with E-state index < -0.39 is 0 Å². The first-order chi connectivity index (χ1) is 8.40. The fraction of sp³-hybridized carbons (Fsp3) is 0.769. The lowest BCUT2D eigenvalue weighted by molar-refractivity contribution is 0.172. The van der Waals surface area contributed by atoms with Crippen LogP contribution in [0.25, 0.3) is 0 Å². The Balaban J connectivity index is 1.73. The Morgan fingerprint density at radius 2 is 2.47 bits per heavy atom. The summed E-state index contributed by atoms with van der Waals surface area (Å²) in [4.78, 5) is 2.58. The molecule has 96 valence electrons. The minimum absolute atomic E-state index is 0.671. The molecule has 1 fully saturated rings. The van der Waals surface area contributed by atoms with Crippen LogP contribution in [0.4, 0.5) is 0 Å². The number of unbranched alkanes of at least 4 members (excludes halogenated alkanes) is 1. The smallest absolute Gasteiger partial charge is 0.0522 e. The molecule has 0 bridgehead atoms. The highest BCUT2D eigenvalue weighted by molar-refractivity contribution is 5.11. The SMILES string of the molecule is COCCCCN1CCC[C@@H](c2cn[nH]c2)C1. The minimum Gasteiger partial charge on any atom is -0.385 e. The monoisotopic (exact) mass is 237 g/mol. The van der Waals surface area contributed by atoms with Gasteiger partial charge in [0.25, 0.3) is 0 Å². The van der Waals surface area contributed by atoms with Gasteiger partial charge in [-0.05, 0) is 50.3 Å². The van der Waals surface area contributed by atoms with Gasteiger partial charge in [0, 0.05) is 26.5 Å². The van der Waals surface area contributed by atoms with Crippen LogP contribution in [0.5, 0.6) is 0 Å². The molecule has 0 amide bonds. The van der Waals surface area contributed by atoms with Crippen LogP contribution in [0.2, 0.25) is 0 Å². The van der Waals surface area contributed by atoms with Gasteiger partial charge in [-0.1, -0.05) is 0 Å². The molecule has 0 aromatic carbocycles. The molecule has 0 unspecified atom stereocenters. The van der Waals surface area contributed by atoms with Crippen molar-refractivity contribution in [1.29, 1.82) is 0 Å². The van der Waals surface area contributed by atoms with Crippen molar-refractivity contribution >= 4 is 0 Å². The first kappa shape index (κ1) is 12.6. The zero-order valence-corrected chi connectivity index (χ0v) is 10.7. The Hall–Kier alpha value is -0.870. The molecule has 4 nitrogen and oxygen atoms in total. The molecule has 1 N–H and O–H groups in total. The molecule has 2 heterocycles. The van der Waals surface area contributed by atoms with Crippen LogP contribution in [0.1, 0.15) is 37.2 Å². The largest absolute Gasteiger partial charge is 0.385 e. The number of ether oxygens (including phenoxy) is 1. The molecule has 4 heteroatoms. The second kappa shape index (κ2) is 6.77. The molecule has 1 aromatic rings. The number of rotatable bonds is 6. The predicted molar refractivity (Wildman–Crippen MR) is 68.1 cm³/mol. The fourth-order valence-corrected chi connectivity index (χ4v) is 2.60. The minimum atomic E-state index is 0.671. The molecule has 1 aliphatic rings. The third-order valence-corrected chi connectivity index (χ3v) is 3.57. The van der Waals surface area contributed by atoms with Crippen LogP contribution >= 0.6 is 0 Å². The van der Waals surface area contributed by atoms with E-state index in [2.05, 4.69) is 15.1 Å². The highest BCUT2D eigenvalue weighted by Crippen LogP contribution is 2.25. The Morgan fingerprint density at radius 3 is 3.24 bits per heavy atom. The lowest BCUT2D eigenvalue weighted by Gasteiger charge is -2.32. The van der Waals surface area contributed by atoms with E-state index in [1.165, 1.54) is 50.9 Å². The number of aromatic nitrogens is 2. The number of H-pyrrole nitrogens is 1. The van der Waals surface area contributed by atoms with Crippen LogP contribution in [-0.4, -0.2) is 48.4 Å². The second-order valence-corrected chi connectivity index (χ2v) is 4.87. The molecule has 0 radical (unpaired) electrons. The van der Waals surface area contributed by atoms with Gasteiger partial charge in [0.05, 0.1) is 6.20 Å². The molecular weight excluding hydrogens is 214 g/mol. The summed E-state index contributed by atoms with van der Waals surface area (Å²) < 4.78 is 5.08. The van der Waals surface area contributed by atoms with Crippen LogP contribution in [0.15, 0.2) is 12.4 Å². The van der Waals surface area contributed by atoms with E-state index >= 15 is 0 Å². The first-order valence-electron chi connectivity index (χ1n) is 6.60. The van der Waals surface area contributed by atoms with Crippen molar-refractivity contribution in [2.75, 3.05) is 33.4 Å². The lowest BCUT2D eigenvalue weighted by atomic mass is 9.93. The van der Waals surface area contributed by atoms with Crippen LogP contribution in [0, 0.1) is 0 Å². The zero-order chi connectivity index (χ0) is 11.9. The lowest BCUT2D eigenvalue weighted by Crippen LogP contribution is -2.35. The van der Waals surface area contributed by atoms with Gasteiger partial charge >= 0.3 is 0 Å². The summed E-state index contributed by atoms with van der Waals surface area (Å²) in [6, 6.07) is 0. The normalized spacial score (nSPS) is 21.8. The molecular formula is C13H23N3O. The average molecular weight is 237 g/mol. The van der Waals surface area contributed by atoms with E-state index in [4.69, 9.17) is 4.74 Å². The number of likely N-dealkylation sites (tertiary alicyclic amines) is 1. The van der Waals surface area contributed by atoms with Gasteiger partial charge in [0.2, 0.25) is 0 Å². The van der Waals surface area contributed by atoms with Gasteiger partial charge in [-0.15, -0.1) is 0 Å².